The number of hydrogen-bond donors (Lipinski definition) is 4. The van der Waals surface area contributed by atoms with Gasteiger partial charge in [-0.25, -0.2) is 0 Å². The molecule has 0 aliphatic rings. The maximum Gasteiger partial charge on any atom is 0.309 e. The molecule has 0 bridgehead atoms. The number of amides is 2. The maximum atomic E-state index is 11.8. The summed E-state index contributed by atoms with van der Waals surface area (Å²) in [6.45, 7) is 7.28. The predicted octanol–water partition coefficient (Wildman–Crippen LogP) is 0.0328. The molecular weight excluding hydrogens is 260 g/mol. The molecule has 6 nitrogen and oxygen atoms in total. The van der Waals surface area contributed by atoms with Gasteiger partial charge in [-0.15, -0.1) is 0 Å². The molecule has 6 heteroatoms. The minimum absolute atomic E-state index is 0.0833. The van der Waals surface area contributed by atoms with Gasteiger partial charge >= 0.3 is 11.8 Å². The van der Waals surface area contributed by atoms with E-state index in [1.807, 2.05) is 27.7 Å². The van der Waals surface area contributed by atoms with Crippen molar-refractivity contribution in [3.8, 4) is 0 Å². The first kappa shape index (κ1) is 18.9. The average Bonchev–Trinajstić information content (AvgIpc) is 2.47. The third-order valence-electron chi connectivity index (χ3n) is 3.89. The van der Waals surface area contributed by atoms with Gasteiger partial charge in [0, 0.05) is 0 Å². The summed E-state index contributed by atoms with van der Waals surface area (Å²) in [6.07, 6.45) is 1.58. The zero-order valence-corrected chi connectivity index (χ0v) is 12.8. The van der Waals surface area contributed by atoms with E-state index < -0.39 is 23.9 Å². The lowest BCUT2D eigenvalue weighted by Crippen LogP contribution is -2.52. The van der Waals surface area contributed by atoms with Crippen molar-refractivity contribution in [2.24, 2.45) is 11.8 Å². The van der Waals surface area contributed by atoms with Crippen LogP contribution in [0.4, 0.5) is 0 Å². The van der Waals surface area contributed by atoms with Crippen molar-refractivity contribution >= 4 is 11.8 Å². The first-order valence-electron chi connectivity index (χ1n) is 7.24. The number of carbonyl (C=O) groups is 2. The van der Waals surface area contributed by atoms with Gasteiger partial charge in [-0.1, -0.05) is 40.5 Å². The van der Waals surface area contributed by atoms with Crippen LogP contribution < -0.4 is 10.6 Å². The van der Waals surface area contributed by atoms with Gasteiger partial charge in [0.05, 0.1) is 25.3 Å². The SMILES string of the molecule is CC[C@@H](C)[C@H](CO)NC(=O)C(=O)N[C@H](CO)[C@H](C)CC. The molecule has 0 aliphatic carbocycles. The Hall–Kier alpha value is -1.14. The van der Waals surface area contributed by atoms with Gasteiger partial charge in [-0.3, -0.25) is 9.59 Å². The molecule has 0 spiro atoms. The van der Waals surface area contributed by atoms with E-state index in [0.717, 1.165) is 12.8 Å². The summed E-state index contributed by atoms with van der Waals surface area (Å²) in [5.74, 6) is -1.38. The first-order valence-corrected chi connectivity index (χ1v) is 7.24. The summed E-state index contributed by atoms with van der Waals surface area (Å²) in [5, 5.41) is 23.5. The number of rotatable bonds is 8. The topological polar surface area (TPSA) is 98.7 Å². The zero-order valence-electron chi connectivity index (χ0n) is 12.8. The maximum absolute atomic E-state index is 11.8. The molecular formula is C14H28N2O4. The van der Waals surface area contributed by atoms with Crippen LogP contribution in [0.25, 0.3) is 0 Å². The van der Waals surface area contributed by atoms with Crippen molar-refractivity contribution in [3.63, 3.8) is 0 Å². The highest BCUT2D eigenvalue weighted by atomic mass is 16.3. The lowest BCUT2D eigenvalue weighted by Gasteiger charge is -2.24. The molecule has 0 aromatic carbocycles. The van der Waals surface area contributed by atoms with E-state index in [-0.39, 0.29) is 25.0 Å². The fourth-order valence-corrected chi connectivity index (χ4v) is 1.77. The Balaban J connectivity index is 4.50. The molecule has 0 heterocycles. The second-order valence-corrected chi connectivity index (χ2v) is 5.30. The van der Waals surface area contributed by atoms with Crippen molar-refractivity contribution in [2.75, 3.05) is 13.2 Å². The van der Waals surface area contributed by atoms with Crippen LogP contribution in [-0.2, 0) is 9.59 Å². The highest BCUT2D eigenvalue weighted by Crippen LogP contribution is 2.08. The highest BCUT2D eigenvalue weighted by molar-refractivity contribution is 6.35. The molecule has 0 unspecified atom stereocenters. The van der Waals surface area contributed by atoms with Gasteiger partial charge < -0.3 is 20.8 Å². The number of carbonyl (C=O) groups excluding carboxylic acids is 2. The Kier molecular flexibility index (Phi) is 9.16. The lowest BCUT2D eigenvalue weighted by atomic mass is 9.99. The summed E-state index contributed by atoms with van der Waals surface area (Å²) in [7, 11) is 0. The molecule has 0 radical (unpaired) electrons. The van der Waals surface area contributed by atoms with Crippen LogP contribution in [0, 0.1) is 11.8 Å². The zero-order chi connectivity index (χ0) is 15.7. The van der Waals surface area contributed by atoms with Crippen LogP contribution in [-0.4, -0.2) is 47.3 Å². The Morgan fingerprint density at radius 3 is 1.35 bits per heavy atom. The van der Waals surface area contributed by atoms with Crippen molar-refractivity contribution < 1.29 is 19.8 Å². The quantitative estimate of drug-likeness (QED) is 0.474. The molecule has 20 heavy (non-hydrogen) atoms. The van der Waals surface area contributed by atoms with E-state index in [1.54, 1.807) is 0 Å². The van der Waals surface area contributed by atoms with Crippen LogP contribution in [0.1, 0.15) is 40.5 Å². The van der Waals surface area contributed by atoms with E-state index in [4.69, 9.17) is 0 Å². The Morgan fingerprint density at radius 2 is 1.15 bits per heavy atom. The van der Waals surface area contributed by atoms with E-state index in [9.17, 15) is 19.8 Å². The van der Waals surface area contributed by atoms with Gasteiger partial charge in [0.25, 0.3) is 0 Å². The fourth-order valence-electron chi connectivity index (χ4n) is 1.77. The van der Waals surface area contributed by atoms with Crippen LogP contribution in [0.15, 0.2) is 0 Å². The van der Waals surface area contributed by atoms with E-state index in [0.29, 0.717) is 0 Å². The molecule has 4 atom stereocenters. The molecule has 2 amide bonds. The van der Waals surface area contributed by atoms with Crippen LogP contribution >= 0.6 is 0 Å². The smallest absolute Gasteiger partial charge is 0.309 e. The van der Waals surface area contributed by atoms with Crippen LogP contribution in [0.2, 0.25) is 0 Å². The minimum atomic E-state index is -0.772. The standard InChI is InChI=1S/C14H28N2O4/c1-5-9(3)11(7-17)15-13(19)14(20)16-12(8-18)10(4)6-2/h9-12,17-18H,5-8H2,1-4H3,(H,15,19)(H,16,20)/t9-,10-,11-,12+/m1/s1. The molecule has 0 saturated heterocycles. The van der Waals surface area contributed by atoms with Crippen LogP contribution in [0.5, 0.6) is 0 Å². The Labute approximate surface area is 120 Å². The Bertz CT molecular complexity index is 280. The monoisotopic (exact) mass is 288 g/mol. The molecule has 0 aliphatic heterocycles. The summed E-state index contributed by atoms with van der Waals surface area (Å²) in [5.41, 5.74) is 0. The van der Waals surface area contributed by atoms with Crippen molar-refractivity contribution in [3.05, 3.63) is 0 Å². The molecule has 0 saturated carbocycles. The second kappa shape index (κ2) is 9.72. The van der Waals surface area contributed by atoms with Gasteiger partial charge in [0.1, 0.15) is 0 Å². The summed E-state index contributed by atoms with van der Waals surface area (Å²) in [4.78, 5) is 23.6. The van der Waals surface area contributed by atoms with E-state index in [1.165, 1.54) is 0 Å². The molecule has 0 rings (SSSR count). The molecule has 4 N–H and O–H groups in total. The summed E-state index contributed by atoms with van der Waals surface area (Å²) >= 11 is 0. The van der Waals surface area contributed by atoms with Crippen molar-refractivity contribution in [1.29, 1.82) is 0 Å². The number of aliphatic hydroxyl groups excluding tert-OH is 2. The molecule has 0 aromatic rings. The summed E-state index contributed by atoms with van der Waals surface area (Å²) in [6, 6.07) is -0.871. The van der Waals surface area contributed by atoms with Crippen LogP contribution in [0.3, 0.4) is 0 Å². The largest absolute Gasteiger partial charge is 0.394 e. The number of aliphatic hydroxyl groups is 2. The van der Waals surface area contributed by atoms with Gasteiger partial charge in [-0.05, 0) is 11.8 Å². The molecule has 118 valence electrons. The minimum Gasteiger partial charge on any atom is -0.394 e. The highest BCUT2D eigenvalue weighted by Gasteiger charge is 2.25. The van der Waals surface area contributed by atoms with E-state index in [2.05, 4.69) is 10.6 Å². The van der Waals surface area contributed by atoms with Gasteiger partial charge in [0.2, 0.25) is 0 Å². The normalized spacial score (nSPS) is 16.9. The lowest BCUT2D eigenvalue weighted by molar-refractivity contribution is -0.140. The second-order valence-electron chi connectivity index (χ2n) is 5.30. The predicted molar refractivity (Wildman–Crippen MR) is 76.9 cm³/mol. The van der Waals surface area contributed by atoms with Gasteiger partial charge in [0.15, 0.2) is 0 Å². The first-order chi connectivity index (χ1) is 9.40. The van der Waals surface area contributed by atoms with Gasteiger partial charge in [-0.2, -0.15) is 0 Å². The van der Waals surface area contributed by atoms with E-state index >= 15 is 0 Å². The number of nitrogens with one attached hydrogen (secondary N) is 2. The molecule has 0 fully saturated rings. The Morgan fingerprint density at radius 1 is 0.850 bits per heavy atom. The third kappa shape index (κ3) is 5.88. The summed E-state index contributed by atoms with van der Waals surface area (Å²) < 4.78 is 0. The fraction of sp³-hybridized carbons (Fsp3) is 0.857. The average molecular weight is 288 g/mol. The number of hydrogen-bond acceptors (Lipinski definition) is 4. The molecule has 0 aromatic heterocycles. The van der Waals surface area contributed by atoms with Crippen molar-refractivity contribution in [2.45, 2.75) is 52.6 Å². The van der Waals surface area contributed by atoms with Crippen molar-refractivity contribution in [1.82, 2.24) is 10.6 Å². The third-order valence-corrected chi connectivity index (χ3v) is 3.89.